The Kier molecular flexibility index (Phi) is 3.37. The van der Waals surface area contributed by atoms with Gasteiger partial charge in [0.2, 0.25) is 0 Å². The van der Waals surface area contributed by atoms with Crippen LogP contribution in [0.25, 0.3) is 0 Å². The standard InChI is InChI=1S/C10H16N6S/c1-4-5-16-9(8(11)7(2)14-16)17-10-12-6-13-15(10)3/h6H,4-5,11H2,1-3H3. The normalized spacial score (nSPS) is 11.0. The zero-order valence-electron chi connectivity index (χ0n) is 10.2. The van der Waals surface area contributed by atoms with Crippen molar-refractivity contribution in [3.05, 3.63) is 12.0 Å². The predicted molar refractivity (Wildman–Crippen MR) is 66.8 cm³/mol. The second-order valence-corrected chi connectivity index (χ2v) is 4.75. The van der Waals surface area contributed by atoms with Crippen molar-refractivity contribution >= 4 is 17.4 Å². The summed E-state index contributed by atoms with van der Waals surface area (Å²) in [7, 11) is 1.86. The maximum absolute atomic E-state index is 6.04. The van der Waals surface area contributed by atoms with Crippen LogP contribution in [0.15, 0.2) is 16.5 Å². The van der Waals surface area contributed by atoms with E-state index < -0.39 is 0 Å². The van der Waals surface area contributed by atoms with Gasteiger partial charge in [0.05, 0.1) is 11.4 Å². The Balaban J connectivity index is 2.34. The van der Waals surface area contributed by atoms with Crippen LogP contribution in [0.3, 0.4) is 0 Å². The molecule has 0 fully saturated rings. The maximum Gasteiger partial charge on any atom is 0.192 e. The van der Waals surface area contributed by atoms with Gasteiger partial charge in [0.1, 0.15) is 11.4 Å². The van der Waals surface area contributed by atoms with Gasteiger partial charge in [-0.3, -0.25) is 4.68 Å². The minimum Gasteiger partial charge on any atom is -0.395 e. The van der Waals surface area contributed by atoms with Crippen LogP contribution in [-0.4, -0.2) is 24.5 Å². The monoisotopic (exact) mass is 252 g/mol. The third-order valence-electron chi connectivity index (χ3n) is 2.42. The van der Waals surface area contributed by atoms with Crippen LogP contribution >= 0.6 is 11.8 Å². The molecule has 0 aromatic carbocycles. The number of anilines is 1. The van der Waals surface area contributed by atoms with Gasteiger partial charge in [-0.2, -0.15) is 10.2 Å². The number of nitrogens with zero attached hydrogens (tertiary/aromatic N) is 5. The summed E-state index contributed by atoms with van der Waals surface area (Å²) in [5.41, 5.74) is 7.63. The van der Waals surface area contributed by atoms with E-state index in [9.17, 15) is 0 Å². The van der Waals surface area contributed by atoms with Crippen molar-refractivity contribution in [1.29, 1.82) is 0 Å². The third-order valence-corrected chi connectivity index (χ3v) is 3.59. The van der Waals surface area contributed by atoms with Crippen LogP contribution in [0.1, 0.15) is 19.0 Å². The molecule has 17 heavy (non-hydrogen) atoms. The molecule has 2 N–H and O–H groups in total. The number of nitrogens with two attached hydrogens (primary N) is 1. The minimum absolute atomic E-state index is 0.728. The molecular formula is C10H16N6S. The van der Waals surface area contributed by atoms with E-state index >= 15 is 0 Å². The molecule has 0 radical (unpaired) electrons. The van der Waals surface area contributed by atoms with E-state index in [0.717, 1.165) is 34.5 Å². The Labute approximate surface area is 104 Å². The molecule has 2 rings (SSSR count). The van der Waals surface area contributed by atoms with E-state index in [1.807, 2.05) is 18.7 Å². The molecule has 6 nitrogen and oxygen atoms in total. The smallest absolute Gasteiger partial charge is 0.192 e. The number of aromatic nitrogens is 5. The molecule has 2 heterocycles. The van der Waals surface area contributed by atoms with Crippen LogP contribution in [0, 0.1) is 6.92 Å². The summed E-state index contributed by atoms with van der Waals surface area (Å²) in [4.78, 5) is 4.18. The Morgan fingerprint density at radius 3 is 2.82 bits per heavy atom. The highest BCUT2D eigenvalue weighted by molar-refractivity contribution is 7.99. The molecule has 0 saturated carbocycles. The zero-order valence-corrected chi connectivity index (χ0v) is 11.0. The Morgan fingerprint density at radius 1 is 1.47 bits per heavy atom. The molecule has 7 heteroatoms. The Hall–Kier alpha value is -1.50. The molecule has 92 valence electrons. The third kappa shape index (κ3) is 2.28. The van der Waals surface area contributed by atoms with Gasteiger partial charge in [-0.05, 0) is 25.1 Å². The topological polar surface area (TPSA) is 74.6 Å². The fourth-order valence-corrected chi connectivity index (χ4v) is 2.46. The van der Waals surface area contributed by atoms with Gasteiger partial charge < -0.3 is 5.73 Å². The van der Waals surface area contributed by atoms with E-state index in [4.69, 9.17) is 5.73 Å². The maximum atomic E-state index is 6.04. The summed E-state index contributed by atoms with van der Waals surface area (Å²) in [6.07, 6.45) is 2.55. The fraction of sp³-hybridized carbons (Fsp3) is 0.500. The number of nitrogen functional groups attached to an aromatic ring is 1. The molecule has 0 unspecified atom stereocenters. The minimum atomic E-state index is 0.728. The summed E-state index contributed by atoms with van der Waals surface area (Å²) in [6, 6.07) is 0. The lowest BCUT2D eigenvalue weighted by atomic mass is 10.4. The summed E-state index contributed by atoms with van der Waals surface area (Å²) in [5.74, 6) is 0. The largest absolute Gasteiger partial charge is 0.395 e. The second kappa shape index (κ2) is 4.79. The van der Waals surface area contributed by atoms with Crippen LogP contribution in [0.2, 0.25) is 0 Å². The quantitative estimate of drug-likeness (QED) is 0.891. The number of aryl methyl sites for hydroxylation is 3. The molecule has 0 aliphatic rings. The van der Waals surface area contributed by atoms with Gasteiger partial charge in [-0.25, -0.2) is 9.67 Å². The first-order valence-corrected chi connectivity index (χ1v) is 6.29. The lowest BCUT2D eigenvalue weighted by molar-refractivity contribution is 0.554. The van der Waals surface area contributed by atoms with Crippen molar-refractivity contribution in [3.8, 4) is 0 Å². The first kappa shape index (κ1) is 12.0. The molecule has 2 aromatic heterocycles. The van der Waals surface area contributed by atoms with E-state index in [0.29, 0.717) is 0 Å². The van der Waals surface area contributed by atoms with Crippen molar-refractivity contribution < 1.29 is 0 Å². The molecule has 0 aliphatic heterocycles. The summed E-state index contributed by atoms with van der Waals surface area (Å²) in [6.45, 7) is 4.89. The van der Waals surface area contributed by atoms with Crippen molar-refractivity contribution in [2.24, 2.45) is 7.05 Å². The Morgan fingerprint density at radius 2 is 2.24 bits per heavy atom. The molecule has 0 saturated heterocycles. The van der Waals surface area contributed by atoms with E-state index in [2.05, 4.69) is 22.1 Å². The molecule has 2 aromatic rings. The summed E-state index contributed by atoms with van der Waals surface area (Å²) < 4.78 is 3.66. The van der Waals surface area contributed by atoms with Crippen LogP contribution in [-0.2, 0) is 13.6 Å². The lowest BCUT2D eigenvalue weighted by Gasteiger charge is -2.05. The summed E-state index contributed by atoms with van der Waals surface area (Å²) in [5, 5.41) is 10.2. The average Bonchev–Trinajstić information content (AvgIpc) is 2.80. The molecular weight excluding hydrogens is 236 g/mol. The summed E-state index contributed by atoms with van der Waals surface area (Å²) >= 11 is 1.50. The predicted octanol–water partition coefficient (Wildman–Crippen LogP) is 1.46. The highest BCUT2D eigenvalue weighted by Gasteiger charge is 2.15. The van der Waals surface area contributed by atoms with Crippen LogP contribution < -0.4 is 5.73 Å². The van der Waals surface area contributed by atoms with Crippen molar-refractivity contribution in [1.82, 2.24) is 24.5 Å². The van der Waals surface area contributed by atoms with E-state index in [1.54, 1.807) is 4.68 Å². The average molecular weight is 252 g/mol. The van der Waals surface area contributed by atoms with Gasteiger partial charge in [0, 0.05) is 13.6 Å². The fourth-order valence-electron chi connectivity index (χ4n) is 1.51. The number of rotatable bonds is 4. The van der Waals surface area contributed by atoms with Gasteiger partial charge >= 0.3 is 0 Å². The molecule has 0 atom stereocenters. The molecule has 0 spiro atoms. The number of hydrogen-bond acceptors (Lipinski definition) is 5. The van der Waals surface area contributed by atoms with Crippen molar-refractivity contribution in [2.45, 2.75) is 37.0 Å². The van der Waals surface area contributed by atoms with E-state index in [1.165, 1.54) is 18.1 Å². The lowest BCUT2D eigenvalue weighted by Crippen LogP contribution is -2.02. The second-order valence-electron chi connectivity index (χ2n) is 3.80. The van der Waals surface area contributed by atoms with Gasteiger partial charge in [0.25, 0.3) is 0 Å². The van der Waals surface area contributed by atoms with Gasteiger partial charge in [0.15, 0.2) is 5.16 Å². The van der Waals surface area contributed by atoms with Gasteiger partial charge in [-0.15, -0.1) is 0 Å². The highest BCUT2D eigenvalue weighted by atomic mass is 32.2. The number of hydrogen-bond donors (Lipinski definition) is 1. The molecule has 0 aliphatic carbocycles. The highest BCUT2D eigenvalue weighted by Crippen LogP contribution is 2.32. The zero-order chi connectivity index (χ0) is 12.4. The van der Waals surface area contributed by atoms with Gasteiger partial charge in [-0.1, -0.05) is 6.92 Å². The molecule has 0 amide bonds. The van der Waals surface area contributed by atoms with Crippen LogP contribution in [0.4, 0.5) is 5.69 Å². The SMILES string of the molecule is CCCn1nc(C)c(N)c1Sc1ncnn1C. The Bertz CT molecular complexity index is 515. The first-order valence-electron chi connectivity index (χ1n) is 5.48. The molecule has 0 bridgehead atoms. The van der Waals surface area contributed by atoms with Crippen molar-refractivity contribution in [3.63, 3.8) is 0 Å². The first-order chi connectivity index (χ1) is 8.13. The van der Waals surface area contributed by atoms with Crippen molar-refractivity contribution in [2.75, 3.05) is 5.73 Å². The van der Waals surface area contributed by atoms with Crippen LogP contribution in [0.5, 0.6) is 0 Å². The van der Waals surface area contributed by atoms with E-state index in [-0.39, 0.29) is 0 Å².